The molecule has 3 saturated heterocycles. The zero-order valence-corrected chi connectivity index (χ0v) is 37.4. The third-order valence-electron chi connectivity index (χ3n) is 10.8. The summed E-state index contributed by atoms with van der Waals surface area (Å²) in [4.78, 5) is 113. The van der Waals surface area contributed by atoms with Gasteiger partial charge in [-0.2, -0.15) is 0 Å². The van der Waals surface area contributed by atoms with Gasteiger partial charge in [-0.25, -0.2) is 4.79 Å². The number of carboxylic acids is 2. The van der Waals surface area contributed by atoms with Crippen LogP contribution < -0.4 is 43.0 Å². The van der Waals surface area contributed by atoms with Crippen molar-refractivity contribution >= 4 is 53.3 Å². The van der Waals surface area contributed by atoms with E-state index in [1.54, 1.807) is 0 Å². The van der Waals surface area contributed by atoms with Crippen molar-refractivity contribution in [3.05, 3.63) is 0 Å². The third kappa shape index (κ3) is 15.8. The fourth-order valence-corrected chi connectivity index (χ4v) is 7.16. The van der Waals surface area contributed by atoms with Crippen molar-refractivity contribution in [3.63, 3.8) is 0 Å². The Morgan fingerprint density at radius 2 is 1.27 bits per heavy atom. The van der Waals surface area contributed by atoms with Crippen LogP contribution in [0, 0.1) is 0 Å². The van der Waals surface area contributed by atoms with Crippen LogP contribution in [0.4, 0.5) is 0 Å². The van der Waals surface area contributed by atoms with Gasteiger partial charge in [0.2, 0.25) is 41.4 Å². The second kappa shape index (κ2) is 25.7. The van der Waals surface area contributed by atoms with Crippen LogP contribution in [0.3, 0.4) is 0 Å². The number of unbranched alkanes of at least 4 members (excludes halogenated alkanes) is 1. The number of carbonyl (C=O) groups excluding carboxylic acids is 7. The van der Waals surface area contributed by atoms with Crippen LogP contribution in [-0.2, 0) is 66.8 Å². The van der Waals surface area contributed by atoms with E-state index in [0.29, 0.717) is 12.8 Å². The number of aliphatic carboxylic acids is 2. The van der Waals surface area contributed by atoms with Crippen LogP contribution in [0.2, 0.25) is 0 Å². The van der Waals surface area contributed by atoms with Crippen molar-refractivity contribution in [3.8, 4) is 0 Å². The van der Waals surface area contributed by atoms with E-state index in [1.807, 2.05) is 0 Å². The Morgan fingerprint density at radius 1 is 0.682 bits per heavy atom. The zero-order chi connectivity index (χ0) is 49.6. The Kier molecular flexibility index (Phi) is 21.5. The molecule has 14 N–H and O–H groups in total. The molecule has 2 bridgehead atoms. The molecule has 374 valence electrons. The molecule has 16 atom stereocenters. The largest absolute Gasteiger partial charge is 0.480 e. The highest BCUT2D eigenvalue weighted by molar-refractivity contribution is 5.94. The fraction of sp³-hybridized carbons (Fsp3) is 0.769. The number of hydrogen-bond donors (Lipinski definition) is 13. The molecule has 0 spiro atoms. The van der Waals surface area contributed by atoms with Gasteiger partial charge in [0.15, 0.2) is 12.6 Å². The molecule has 27 heteroatoms. The van der Waals surface area contributed by atoms with Crippen molar-refractivity contribution in [2.45, 2.75) is 171 Å². The lowest BCUT2D eigenvalue weighted by Gasteiger charge is -2.47. The first-order valence-corrected chi connectivity index (χ1v) is 21.4. The fourth-order valence-electron chi connectivity index (χ4n) is 7.16. The molecule has 0 radical (unpaired) electrons. The van der Waals surface area contributed by atoms with Gasteiger partial charge in [0.1, 0.15) is 85.0 Å². The monoisotopic (exact) mass is 948 g/mol. The Balaban J connectivity index is 1.67. The van der Waals surface area contributed by atoms with Gasteiger partial charge in [0.05, 0.1) is 13.2 Å². The highest BCUT2D eigenvalue weighted by Crippen LogP contribution is 2.35. The summed E-state index contributed by atoms with van der Waals surface area (Å²) in [6.07, 6.45) is -12.2. The first kappa shape index (κ1) is 55.2. The number of aliphatic hydroxyl groups excluding tert-OH is 3. The summed E-state index contributed by atoms with van der Waals surface area (Å²) in [6.45, 7) is 6.86. The molecule has 66 heavy (non-hydrogen) atoms. The minimum absolute atomic E-state index is 0.0896. The summed E-state index contributed by atoms with van der Waals surface area (Å²) < 4.78 is 29.7. The molecule has 0 aromatic rings. The molecule has 0 aromatic carbocycles. The second-order valence-electron chi connectivity index (χ2n) is 16.3. The summed E-state index contributed by atoms with van der Waals surface area (Å²) in [5.41, 5.74) is 5.56. The van der Waals surface area contributed by atoms with Crippen molar-refractivity contribution in [1.29, 1.82) is 0 Å². The standard InChI is InChI=1S/C39H64N8O19/c1-15(32(54)43-17(3)36(58)59)42-35(57)21(9-7-8-12-40)46-25(51)11-10-22(37(60)61)47-33(55)16(2)41-34(56)18(4)63-31-27(45-20(6)50)38-62-14-24(65-38)30(31)66-39-26(44-19(5)49)29(53)28(52)23(13-48)64-39/h15-18,21-24,26-31,38-39,48,52-53H,7-14,40H2,1-6H3,(H,41,56)(H,42,57)(H,43,54)(H,44,49)(H,45,50)(H,46,51)(H,47,55)(H,58,59)(H,60,61)/t15-,16+,17-,18-,21+,22-,23-,24-,26-,27-,28-,29-,30-,31-,38-,39+/m1/s1. The summed E-state index contributed by atoms with van der Waals surface area (Å²) in [5.74, 6) is -8.22. The Hall–Kier alpha value is -5.13. The summed E-state index contributed by atoms with van der Waals surface area (Å²) >= 11 is 0. The zero-order valence-electron chi connectivity index (χ0n) is 37.4. The summed E-state index contributed by atoms with van der Waals surface area (Å²) in [7, 11) is 0. The second-order valence-corrected chi connectivity index (χ2v) is 16.3. The molecule has 27 nitrogen and oxygen atoms in total. The first-order valence-electron chi connectivity index (χ1n) is 21.4. The molecular formula is C39H64N8O19. The average Bonchev–Trinajstić information content (AvgIpc) is 3.69. The normalized spacial score (nSPS) is 28.5. The van der Waals surface area contributed by atoms with Gasteiger partial charge in [0, 0.05) is 20.3 Å². The lowest BCUT2D eigenvalue weighted by atomic mass is 9.95. The molecular weight excluding hydrogens is 884 g/mol. The van der Waals surface area contributed by atoms with Crippen LogP contribution in [-0.4, -0.2) is 196 Å². The minimum atomic E-state index is -1.68. The van der Waals surface area contributed by atoms with Crippen molar-refractivity contribution in [2.24, 2.45) is 5.73 Å². The summed E-state index contributed by atoms with van der Waals surface area (Å²) in [6, 6.07) is -9.17. The maximum atomic E-state index is 13.5. The first-order chi connectivity index (χ1) is 31.0. The predicted molar refractivity (Wildman–Crippen MR) is 221 cm³/mol. The van der Waals surface area contributed by atoms with E-state index in [2.05, 4.69) is 37.2 Å². The molecule has 3 heterocycles. The van der Waals surface area contributed by atoms with Crippen molar-refractivity contribution in [2.75, 3.05) is 19.8 Å². The van der Waals surface area contributed by atoms with Crippen LogP contribution in [0.25, 0.3) is 0 Å². The average molecular weight is 949 g/mol. The number of nitrogens with two attached hydrogens (primary N) is 1. The van der Waals surface area contributed by atoms with Gasteiger partial charge < -0.3 is 92.2 Å². The number of aliphatic hydroxyl groups is 3. The van der Waals surface area contributed by atoms with Crippen LogP contribution >= 0.6 is 0 Å². The smallest absolute Gasteiger partial charge is 0.326 e. The number of carbonyl (C=O) groups is 9. The number of carboxylic acid groups (broad SMARTS) is 2. The number of fused-ring (bicyclic) bond motifs is 2. The number of ether oxygens (including phenoxy) is 5. The molecule has 3 aliphatic heterocycles. The van der Waals surface area contributed by atoms with E-state index in [-0.39, 0.29) is 19.6 Å². The van der Waals surface area contributed by atoms with Gasteiger partial charge in [-0.1, -0.05) is 0 Å². The van der Waals surface area contributed by atoms with Gasteiger partial charge in [-0.15, -0.1) is 0 Å². The molecule has 0 aliphatic carbocycles. The Bertz CT molecular complexity index is 1740. The van der Waals surface area contributed by atoms with Gasteiger partial charge >= 0.3 is 11.9 Å². The van der Waals surface area contributed by atoms with Gasteiger partial charge in [-0.05, 0) is 59.9 Å². The van der Waals surface area contributed by atoms with E-state index in [1.165, 1.54) is 34.6 Å². The summed E-state index contributed by atoms with van der Waals surface area (Å²) in [5, 5.41) is 66.9. The van der Waals surface area contributed by atoms with E-state index in [9.17, 15) is 63.6 Å². The topological polar surface area (TPSA) is 411 Å². The predicted octanol–water partition coefficient (Wildman–Crippen LogP) is -6.09. The van der Waals surface area contributed by atoms with E-state index >= 15 is 0 Å². The van der Waals surface area contributed by atoms with Crippen LogP contribution in [0.15, 0.2) is 0 Å². The molecule has 0 unspecified atom stereocenters. The number of nitrogens with one attached hydrogen (secondary N) is 7. The number of rotatable bonds is 25. The van der Waals surface area contributed by atoms with E-state index in [4.69, 9.17) is 34.5 Å². The van der Waals surface area contributed by atoms with Crippen LogP contribution in [0.5, 0.6) is 0 Å². The molecule has 3 rings (SSSR count). The Labute approximate surface area is 379 Å². The Morgan fingerprint density at radius 3 is 1.85 bits per heavy atom. The molecule has 3 aliphatic rings. The highest BCUT2D eigenvalue weighted by Gasteiger charge is 2.56. The SMILES string of the molecule is CC(=O)N[C@H]1[C@H](O[C@H]2[C@H](O[C@H](C)C(=O)N[C@@H](C)C(=O)N[C@H](CCC(=O)N[C@@H](CCCCN)C(=O)N[C@H](C)C(=O)N[C@H](C)C(=O)O)C(=O)O)[C@@H](NC(C)=O)[C@@H]3OC[C@H]2O3)O[C@H](CO)[C@@H](O)[C@@H]1O. The minimum Gasteiger partial charge on any atom is -0.480 e. The molecule has 7 amide bonds. The highest BCUT2D eigenvalue weighted by atomic mass is 16.8. The van der Waals surface area contributed by atoms with Crippen molar-refractivity contribution in [1.82, 2.24) is 37.2 Å². The molecule has 0 saturated carbocycles. The number of amides is 7. The van der Waals surface area contributed by atoms with E-state index < -0.39 is 170 Å². The van der Waals surface area contributed by atoms with Crippen LogP contribution in [0.1, 0.15) is 73.6 Å². The van der Waals surface area contributed by atoms with Gasteiger partial charge in [0.25, 0.3) is 0 Å². The number of hydrogen-bond acceptors (Lipinski definition) is 18. The molecule has 0 aromatic heterocycles. The van der Waals surface area contributed by atoms with Crippen molar-refractivity contribution < 1.29 is 92.4 Å². The lowest BCUT2D eigenvalue weighted by Crippen LogP contribution is -2.68. The van der Waals surface area contributed by atoms with E-state index in [0.717, 1.165) is 6.92 Å². The quantitative estimate of drug-likeness (QED) is 0.0379. The lowest BCUT2D eigenvalue weighted by molar-refractivity contribution is -0.313. The molecule has 3 fully saturated rings. The third-order valence-corrected chi connectivity index (χ3v) is 10.8. The maximum absolute atomic E-state index is 13.5. The maximum Gasteiger partial charge on any atom is 0.326 e. The van der Waals surface area contributed by atoms with Gasteiger partial charge in [-0.3, -0.25) is 38.4 Å².